The number of rotatable bonds is 7. The van der Waals surface area contributed by atoms with Gasteiger partial charge in [-0.3, -0.25) is 14.4 Å². The van der Waals surface area contributed by atoms with E-state index < -0.39 is 12.0 Å². The highest BCUT2D eigenvalue weighted by molar-refractivity contribution is 5.97. The number of primary amides is 1. The third kappa shape index (κ3) is 5.36. The van der Waals surface area contributed by atoms with E-state index in [9.17, 15) is 14.4 Å². The molecule has 1 aliphatic rings. The fourth-order valence-electron chi connectivity index (χ4n) is 3.57. The van der Waals surface area contributed by atoms with E-state index in [0.717, 1.165) is 12.2 Å². The number of anilines is 2. The van der Waals surface area contributed by atoms with Crippen molar-refractivity contribution >= 4 is 29.1 Å². The van der Waals surface area contributed by atoms with Gasteiger partial charge in [0.25, 0.3) is 5.91 Å². The Bertz CT molecular complexity index is 1150. The molecule has 3 amide bonds. The van der Waals surface area contributed by atoms with Gasteiger partial charge in [-0.2, -0.15) is 0 Å². The van der Waals surface area contributed by atoms with Gasteiger partial charge in [-0.25, -0.2) is 0 Å². The molecule has 4 rings (SSSR count). The fourth-order valence-corrected chi connectivity index (χ4v) is 3.57. The molecule has 1 fully saturated rings. The summed E-state index contributed by atoms with van der Waals surface area (Å²) in [7, 11) is 0. The van der Waals surface area contributed by atoms with Crippen molar-refractivity contribution in [2.45, 2.75) is 6.10 Å². The van der Waals surface area contributed by atoms with Crippen molar-refractivity contribution in [2.75, 3.05) is 29.9 Å². The second-order valence-electron chi connectivity index (χ2n) is 7.56. The van der Waals surface area contributed by atoms with Crippen molar-refractivity contribution < 1.29 is 19.1 Å². The number of nitrogens with zero attached hydrogens (tertiary/aromatic N) is 1. The lowest BCUT2D eigenvalue weighted by Gasteiger charge is -2.27. The Morgan fingerprint density at radius 3 is 2.45 bits per heavy atom. The van der Waals surface area contributed by atoms with E-state index in [1.807, 2.05) is 18.2 Å². The molecule has 8 nitrogen and oxygen atoms in total. The molecule has 4 N–H and O–H groups in total. The number of ether oxygens (including phenoxy) is 1. The van der Waals surface area contributed by atoms with E-state index in [-0.39, 0.29) is 17.4 Å². The zero-order valence-electron chi connectivity index (χ0n) is 17.9. The molecule has 1 heterocycles. The quantitative estimate of drug-likeness (QED) is 0.518. The molecule has 1 saturated heterocycles. The third-order valence-electron chi connectivity index (χ3n) is 5.25. The van der Waals surface area contributed by atoms with Gasteiger partial charge in [0.2, 0.25) is 17.9 Å². The number of nitrogens with one attached hydrogen (secondary N) is 2. The van der Waals surface area contributed by atoms with E-state index in [1.165, 1.54) is 6.07 Å². The molecule has 1 atom stereocenters. The summed E-state index contributed by atoms with van der Waals surface area (Å²) in [4.78, 5) is 38.5. The molecule has 33 heavy (non-hydrogen) atoms. The maximum atomic E-state index is 13.2. The van der Waals surface area contributed by atoms with Crippen LogP contribution in [0.25, 0.3) is 0 Å². The van der Waals surface area contributed by atoms with E-state index in [0.29, 0.717) is 30.1 Å². The maximum Gasteiger partial charge on any atom is 0.270 e. The zero-order valence-corrected chi connectivity index (χ0v) is 17.9. The van der Waals surface area contributed by atoms with Gasteiger partial charge in [-0.1, -0.05) is 36.4 Å². The summed E-state index contributed by atoms with van der Waals surface area (Å²) in [5, 5.41) is 5.91. The van der Waals surface area contributed by atoms with Crippen molar-refractivity contribution in [3.8, 4) is 5.75 Å². The van der Waals surface area contributed by atoms with Gasteiger partial charge >= 0.3 is 0 Å². The lowest BCUT2D eigenvalue weighted by molar-refractivity contribution is -0.123. The lowest BCUT2D eigenvalue weighted by Crippen LogP contribution is -2.48. The van der Waals surface area contributed by atoms with Crippen molar-refractivity contribution in [2.24, 2.45) is 5.73 Å². The first-order valence-corrected chi connectivity index (χ1v) is 10.5. The number of carbonyl (C=O) groups excluding carboxylic acids is 3. The predicted molar refractivity (Wildman–Crippen MR) is 125 cm³/mol. The van der Waals surface area contributed by atoms with E-state index >= 15 is 0 Å². The first-order valence-electron chi connectivity index (χ1n) is 10.5. The predicted octanol–water partition coefficient (Wildman–Crippen LogP) is 2.48. The Kier molecular flexibility index (Phi) is 6.66. The second kappa shape index (κ2) is 9.97. The molecule has 1 unspecified atom stereocenters. The van der Waals surface area contributed by atoms with Crippen molar-refractivity contribution in [3.05, 3.63) is 90.0 Å². The zero-order chi connectivity index (χ0) is 23.2. The average Bonchev–Trinajstić information content (AvgIpc) is 2.84. The minimum absolute atomic E-state index is 0.00812. The summed E-state index contributed by atoms with van der Waals surface area (Å²) < 4.78 is 5.98. The van der Waals surface area contributed by atoms with Crippen molar-refractivity contribution in [1.29, 1.82) is 0 Å². The van der Waals surface area contributed by atoms with E-state index in [2.05, 4.69) is 10.6 Å². The van der Waals surface area contributed by atoms with Gasteiger partial charge < -0.3 is 26.0 Å². The average molecular weight is 444 g/mol. The summed E-state index contributed by atoms with van der Waals surface area (Å²) in [6.07, 6.45) is -0.955. The first-order chi connectivity index (χ1) is 16.0. The van der Waals surface area contributed by atoms with Crippen LogP contribution in [0.3, 0.4) is 0 Å². The third-order valence-corrected chi connectivity index (χ3v) is 5.25. The molecule has 3 aromatic carbocycles. The lowest BCUT2D eigenvalue weighted by atomic mass is 10.1. The Morgan fingerprint density at radius 1 is 1.00 bits per heavy atom. The Balaban J connectivity index is 1.52. The smallest absolute Gasteiger partial charge is 0.270 e. The summed E-state index contributed by atoms with van der Waals surface area (Å²) in [5.74, 6) is -0.600. The number of benzene rings is 3. The van der Waals surface area contributed by atoms with Crippen molar-refractivity contribution in [1.82, 2.24) is 5.32 Å². The summed E-state index contributed by atoms with van der Waals surface area (Å²) in [6, 6.07) is 22.6. The second-order valence-corrected chi connectivity index (χ2v) is 7.56. The minimum atomic E-state index is -0.955. The molecule has 1 aliphatic heterocycles. The molecule has 168 valence electrons. The molecular formula is C25H24N4O4. The van der Waals surface area contributed by atoms with E-state index in [4.69, 9.17) is 10.5 Å². The monoisotopic (exact) mass is 444 g/mol. The van der Waals surface area contributed by atoms with Gasteiger partial charge in [0.1, 0.15) is 5.75 Å². The van der Waals surface area contributed by atoms with Gasteiger partial charge in [0.05, 0.1) is 6.54 Å². The Hall–Kier alpha value is -4.17. The maximum absolute atomic E-state index is 13.2. The van der Waals surface area contributed by atoms with Crippen LogP contribution in [0.2, 0.25) is 0 Å². The molecular weight excluding hydrogens is 420 g/mol. The molecule has 0 radical (unpaired) electrons. The van der Waals surface area contributed by atoms with Crippen LogP contribution in [-0.2, 0) is 9.59 Å². The van der Waals surface area contributed by atoms with Crippen molar-refractivity contribution in [3.63, 3.8) is 0 Å². The van der Waals surface area contributed by atoms with Crippen LogP contribution in [0, 0.1) is 0 Å². The molecule has 8 heteroatoms. The summed E-state index contributed by atoms with van der Waals surface area (Å²) in [6.45, 7) is 1.64. The van der Waals surface area contributed by atoms with Crippen LogP contribution >= 0.6 is 0 Å². The number of hydrogen-bond donors (Lipinski definition) is 3. The van der Waals surface area contributed by atoms with Crippen LogP contribution in [0.1, 0.15) is 22.0 Å². The minimum Gasteiger partial charge on any atom is -0.476 e. The molecule has 0 spiro atoms. The molecule has 0 aromatic heterocycles. The number of nitrogens with two attached hydrogens (primary N) is 1. The molecule has 0 saturated carbocycles. The first kappa shape index (κ1) is 22.0. The molecule has 0 aliphatic carbocycles. The number of hydrogen-bond acceptors (Lipinski definition) is 5. The van der Waals surface area contributed by atoms with Crippen LogP contribution in [0.15, 0.2) is 78.9 Å². The highest BCUT2D eigenvalue weighted by Gasteiger charge is 2.24. The van der Waals surface area contributed by atoms with Gasteiger partial charge in [0, 0.05) is 35.6 Å². The number of amides is 3. The summed E-state index contributed by atoms with van der Waals surface area (Å²) >= 11 is 0. The highest BCUT2D eigenvalue weighted by atomic mass is 16.5. The highest BCUT2D eigenvalue weighted by Crippen LogP contribution is 2.25. The van der Waals surface area contributed by atoms with Crippen LogP contribution < -0.4 is 26.0 Å². The molecule has 0 bridgehead atoms. The standard InChI is InChI=1S/C25H24N4O4/c26-24(31)18-7-4-8-21(15-18)33-23(17-5-2-1-3-6-17)25(32)28-19-9-11-20(12-10-19)29-14-13-27-16-22(29)30/h1-12,15,23,27H,13-14,16H2,(H2,26,31)(H,28,32). The van der Waals surface area contributed by atoms with E-state index in [1.54, 1.807) is 59.5 Å². The SMILES string of the molecule is NC(=O)c1cccc(OC(C(=O)Nc2ccc(N3CCNCC3=O)cc2)c2ccccc2)c1. The normalized spacial score (nSPS) is 14.4. The van der Waals surface area contributed by atoms with Gasteiger partial charge in [-0.15, -0.1) is 0 Å². The Labute approximate surface area is 191 Å². The van der Waals surface area contributed by atoms with Crippen LogP contribution in [0.5, 0.6) is 5.75 Å². The number of carbonyl (C=O) groups is 3. The van der Waals surface area contributed by atoms with Gasteiger partial charge in [-0.05, 0) is 42.5 Å². The Morgan fingerprint density at radius 2 is 1.76 bits per heavy atom. The number of piperazine rings is 1. The van der Waals surface area contributed by atoms with Crippen LogP contribution in [0.4, 0.5) is 11.4 Å². The largest absolute Gasteiger partial charge is 0.476 e. The molecule has 3 aromatic rings. The summed E-state index contributed by atoms with van der Waals surface area (Å²) in [5.41, 5.74) is 7.65. The topological polar surface area (TPSA) is 114 Å². The van der Waals surface area contributed by atoms with Crippen LogP contribution in [-0.4, -0.2) is 37.4 Å². The van der Waals surface area contributed by atoms with Gasteiger partial charge in [0.15, 0.2) is 0 Å². The fraction of sp³-hybridized carbons (Fsp3) is 0.160.